The Balaban J connectivity index is 2.48. The van der Waals surface area contributed by atoms with Gasteiger partial charge in [0.15, 0.2) is 0 Å². The number of nitrogens with two attached hydrogens (primary N) is 1. The Morgan fingerprint density at radius 2 is 2.11 bits per heavy atom. The minimum atomic E-state index is -0.467. The predicted molar refractivity (Wildman–Crippen MR) is 64.9 cm³/mol. The highest BCUT2D eigenvalue weighted by molar-refractivity contribution is 5.71. The minimum absolute atomic E-state index is 0.0217. The third-order valence-electron chi connectivity index (χ3n) is 2.39. The number of nitro benzene ring substituents is 1. The van der Waals surface area contributed by atoms with E-state index < -0.39 is 4.92 Å². The van der Waals surface area contributed by atoms with E-state index in [1.165, 1.54) is 19.2 Å². The third kappa shape index (κ3) is 4.11. The van der Waals surface area contributed by atoms with Crippen molar-refractivity contribution < 1.29 is 14.5 Å². The highest BCUT2D eigenvalue weighted by Crippen LogP contribution is 2.15. The Morgan fingerprint density at radius 3 is 2.61 bits per heavy atom. The van der Waals surface area contributed by atoms with Crippen molar-refractivity contribution in [2.75, 3.05) is 20.2 Å². The van der Waals surface area contributed by atoms with E-state index in [9.17, 15) is 14.9 Å². The van der Waals surface area contributed by atoms with Gasteiger partial charge in [-0.2, -0.15) is 0 Å². The first-order chi connectivity index (χ1) is 8.54. The summed E-state index contributed by atoms with van der Waals surface area (Å²) < 4.78 is 4.46. The molecule has 98 valence electrons. The van der Waals surface area contributed by atoms with Crippen LogP contribution in [0.3, 0.4) is 0 Å². The monoisotopic (exact) mass is 253 g/mol. The van der Waals surface area contributed by atoms with E-state index in [4.69, 9.17) is 5.73 Å². The van der Waals surface area contributed by atoms with Gasteiger partial charge in [-0.15, -0.1) is 0 Å². The molecule has 0 fully saturated rings. The van der Waals surface area contributed by atoms with Gasteiger partial charge in [0, 0.05) is 24.7 Å². The van der Waals surface area contributed by atoms with E-state index in [1.54, 1.807) is 12.1 Å². The number of methoxy groups -OCH3 is 1. The molecule has 3 N–H and O–H groups in total. The molecule has 0 spiro atoms. The summed E-state index contributed by atoms with van der Waals surface area (Å²) in [6, 6.07) is 5.66. The van der Waals surface area contributed by atoms with Crippen LogP contribution in [0.15, 0.2) is 24.3 Å². The Kier molecular flexibility index (Phi) is 5.22. The number of carbonyl (C=O) groups is 1. The number of carbonyl (C=O) groups excluding carboxylic acids is 1. The number of non-ortho nitro benzene ring substituents is 1. The molecule has 0 aliphatic heterocycles. The van der Waals surface area contributed by atoms with Crippen LogP contribution < -0.4 is 11.1 Å². The molecule has 0 aliphatic carbocycles. The predicted octanol–water partition coefficient (Wildman–Crippen LogP) is 0.357. The van der Waals surface area contributed by atoms with Crippen LogP contribution in [0, 0.1) is 10.1 Å². The van der Waals surface area contributed by atoms with Gasteiger partial charge in [-0.3, -0.25) is 14.9 Å². The van der Waals surface area contributed by atoms with Crippen LogP contribution in [0.25, 0.3) is 0 Å². The van der Waals surface area contributed by atoms with Crippen molar-refractivity contribution in [3.05, 3.63) is 39.9 Å². The molecule has 0 amide bonds. The van der Waals surface area contributed by atoms with Crippen molar-refractivity contribution in [1.29, 1.82) is 0 Å². The molecular weight excluding hydrogens is 238 g/mol. The van der Waals surface area contributed by atoms with E-state index in [2.05, 4.69) is 10.1 Å². The topological polar surface area (TPSA) is 107 Å². The number of nitro groups is 1. The van der Waals surface area contributed by atoms with E-state index in [1.807, 2.05) is 0 Å². The molecule has 1 atom stereocenters. The third-order valence-corrected chi connectivity index (χ3v) is 2.39. The zero-order chi connectivity index (χ0) is 13.5. The number of hydrogen-bond donors (Lipinski definition) is 2. The SMILES string of the molecule is COC(=O)CNC[C@H](N)c1ccc([N+](=O)[O-])cc1. The average molecular weight is 253 g/mol. The van der Waals surface area contributed by atoms with E-state index >= 15 is 0 Å². The Morgan fingerprint density at radius 1 is 1.50 bits per heavy atom. The maximum Gasteiger partial charge on any atom is 0.319 e. The standard InChI is InChI=1S/C11H15N3O4/c1-18-11(15)7-13-6-10(12)8-2-4-9(5-3-8)14(16)17/h2-5,10,13H,6-7,12H2,1H3/t10-/m0/s1. The van der Waals surface area contributed by atoms with E-state index in [0.717, 1.165) is 5.56 Å². The van der Waals surface area contributed by atoms with Gasteiger partial charge in [0.25, 0.3) is 5.69 Å². The fourth-order valence-corrected chi connectivity index (χ4v) is 1.36. The molecule has 7 heteroatoms. The summed E-state index contributed by atoms with van der Waals surface area (Å²) >= 11 is 0. The van der Waals surface area contributed by atoms with Crippen molar-refractivity contribution >= 4 is 11.7 Å². The molecule has 0 aromatic heterocycles. The van der Waals surface area contributed by atoms with Gasteiger partial charge in [-0.1, -0.05) is 12.1 Å². The lowest BCUT2D eigenvalue weighted by Gasteiger charge is -2.12. The average Bonchev–Trinajstić information content (AvgIpc) is 2.38. The summed E-state index contributed by atoms with van der Waals surface area (Å²) in [5.74, 6) is -0.370. The first-order valence-electron chi connectivity index (χ1n) is 5.32. The van der Waals surface area contributed by atoms with Gasteiger partial charge >= 0.3 is 5.97 Å². The molecule has 7 nitrogen and oxygen atoms in total. The van der Waals surface area contributed by atoms with E-state index in [-0.39, 0.29) is 24.2 Å². The number of hydrogen-bond acceptors (Lipinski definition) is 6. The minimum Gasteiger partial charge on any atom is -0.468 e. The maximum atomic E-state index is 10.8. The molecule has 0 aliphatic rings. The van der Waals surface area contributed by atoms with Gasteiger partial charge in [0.05, 0.1) is 18.6 Å². The zero-order valence-electron chi connectivity index (χ0n) is 9.96. The molecule has 0 heterocycles. The Labute approximate surface area is 104 Å². The van der Waals surface area contributed by atoms with Crippen molar-refractivity contribution in [3.63, 3.8) is 0 Å². The molecule has 1 aromatic rings. The van der Waals surface area contributed by atoms with Crippen LogP contribution in [-0.2, 0) is 9.53 Å². The maximum absolute atomic E-state index is 10.8. The Bertz CT molecular complexity index is 419. The second-order valence-electron chi connectivity index (χ2n) is 3.66. The molecule has 18 heavy (non-hydrogen) atoms. The van der Waals surface area contributed by atoms with Crippen LogP contribution in [0.1, 0.15) is 11.6 Å². The summed E-state index contributed by atoms with van der Waals surface area (Å²) in [6.45, 7) is 0.462. The molecule has 0 radical (unpaired) electrons. The number of esters is 1. The van der Waals surface area contributed by atoms with Gasteiger partial charge in [-0.05, 0) is 5.56 Å². The number of rotatable bonds is 6. The second kappa shape index (κ2) is 6.67. The summed E-state index contributed by atoms with van der Waals surface area (Å²) in [5.41, 5.74) is 6.65. The molecule has 1 rings (SSSR count). The molecule has 0 bridgehead atoms. The lowest BCUT2D eigenvalue weighted by atomic mass is 10.1. The normalized spacial score (nSPS) is 11.9. The van der Waals surface area contributed by atoms with Crippen molar-refractivity contribution in [2.24, 2.45) is 5.73 Å². The first kappa shape index (κ1) is 14.1. The van der Waals surface area contributed by atoms with Crippen LogP contribution in [0.5, 0.6) is 0 Å². The Hall–Kier alpha value is -1.99. The number of ether oxygens (including phenoxy) is 1. The van der Waals surface area contributed by atoms with Gasteiger partial charge in [-0.25, -0.2) is 0 Å². The molecule has 1 aromatic carbocycles. The highest BCUT2D eigenvalue weighted by Gasteiger charge is 2.09. The fourth-order valence-electron chi connectivity index (χ4n) is 1.36. The van der Waals surface area contributed by atoms with Crippen LogP contribution in [0.4, 0.5) is 5.69 Å². The molecule has 0 saturated carbocycles. The zero-order valence-corrected chi connectivity index (χ0v) is 9.96. The molecule has 0 unspecified atom stereocenters. The fraction of sp³-hybridized carbons (Fsp3) is 0.364. The van der Waals surface area contributed by atoms with Crippen molar-refractivity contribution in [3.8, 4) is 0 Å². The number of nitrogens with zero attached hydrogens (tertiary/aromatic N) is 1. The van der Waals surface area contributed by atoms with Gasteiger partial charge in [0.2, 0.25) is 0 Å². The highest BCUT2D eigenvalue weighted by atomic mass is 16.6. The van der Waals surface area contributed by atoms with E-state index in [0.29, 0.717) is 6.54 Å². The summed E-state index contributed by atoms with van der Waals surface area (Å²) in [5, 5.41) is 13.3. The van der Waals surface area contributed by atoms with Crippen molar-refractivity contribution in [1.82, 2.24) is 5.32 Å². The van der Waals surface area contributed by atoms with Crippen LogP contribution in [-0.4, -0.2) is 31.1 Å². The van der Waals surface area contributed by atoms with Gasteiger partial charge in [0.1, 0.15) is 0 Å². The lowest BCUT2D eigenvalue weighted by molar-refractivity contribution is -0.384. The lowest BCUT2D eigenvalue weighted by Crippen LogP contribution is -2.31. The molecular formula is C11H15N3O4. The van der Waals surface area contributed by atoms with Crippen molar-refractivity contribution in [2.45, 2.75) is 6.04 Å². The molecule has 0 saturated heterocycles. The van der Waals surface area contributed by atoms with Crippen LogP contribution in [0.2, 0.25) is 0 Å². The summed E-state index contributed by atoms with van der Waals surface area (Å²) in [7, 11) is 1.31. The second-order valence-corrected chi connectivity index (χ2v) is 3.66. The summed E-state index contributed by atoms with van der Waals surface area (Å²) in [6.07, 6.45) is 0. The number of benzene rings is 1. The number of nitrogens with one attached hydrogen (secondary N) is 1. The smallest absolute Gasteiger partial charge is 0.319 e. The quantitative estimate of drug-likeness (QED) is 0.430. The first-order valence-corrected chi connectivity index (χ1v) is 5.32. The van der Waals surface area contributed by atoms with Gasteiger partial charge < -0.3 is 15.8 Å². The largest absolute Gasteiger partial charge is 0.468 e. The van der Waals surface area contributed by atoms with Crippen LogP contribution >= 0.6 is 0 Å². The summed E-state index contributed by atoms with van der Waals surface area (Å²) in [4.78, 5) is 20.9.